The molecule has 3 heterocycles. The van der Waals surface area contributed by atoms with Crippen LogP contribution in [0.5, 0.6) is 5.75 Å². The minimum atomic E-state index is -0.220. The molecular formula is C25H20ClN3O2S. The van der Waals surface area contributed by atoms with Gasteiger partial charge in [0.25, 0.3) is 0 Å². The number of benzene rings is 2. The molecule has 32 heavy (non-hydrogen) atoms. The number of hydrogen-bond donors (Lipinski definition) is 1. The number of aromatic hydroxyl groups is 1. The van der Waals surface area contributed by atoms with E-state index in [9.17, 15) is 5.11 Å². The summed E-state index contributed by atoms with van der Waals surface area (Å²) >= 11 is 7.64. The van der Waals surface area contributed by atoms with Crippen molar-refractivity contribution in [3.05, 3.63) is 106 Å². The largest absolute Gasteiger partial charge is 0.508 e. The molecule has 0 amide bonds. The Morgan fingerprint density at radius 3 is 2.66 bits per heavy atom. The van der Waals surface area contributed by atoms with Gasteiger partial charge >= 0.3 is 0 Å². The highest BCUT2D eigenvalue weighted by molar-refractivity contribution is 7.10. The fourth-order valence-corrected chi connectivity index (χ4v) is 4.62. The van der Waals surface area contributed by atoms with Gasteiger partial charge in [0.15, 0.2) is 0 Å². The summed E-state index contributed by atoms with van der Waals surface area (Å²) in [5.41, 5.74) is 4.84. The van der Waals surface area contributed by atoms with Gasteiger partial charge in [-0.1, -0.05) is 48.0 Å². The van der Waals surface area contributed by atoms with Crippen LogP contribution in [0.15, 0.2) is 89.6 Å². The molecule has 1 aliphatic heterocycles. The number of hydrazone groups is 1. The van der Waals surface area contributed by atoms with E-state index in [-0.39, 0.29) is 11.8 Å². The minimum absolute atomic E-state index is 0.220. The second kappa shape index (κ2) is 9.12. The highest BCUT2D eigenvalue weighted by Gasteiger charge is 2.31. The third-order valence-corrected chi connectivity index (χ3v) is 6.50. The van der Waals surface area contributed by atoms with Crippen molar-refractivity contribution in [2.45, 2.75) is 19.1 Å². The first kappa shape index (κ1) is 20.7. The van der Waals surface area contributed by atoms with E-state index < -0.39 is 0 Å². The smallest absolute Gasteiger partial charge is 0.121 e. The molecule has 5 rings (SSSR count). The zero-order valence-electron chi connectivity index (χ0n) is 17.1. The van der Waals surface area contributed by atoms with Gasteiger partial charge in [0.05, 0.1) is 5.71 Å². The van der Waals surface area contributed by atoms with Crippen LogP contribution in [0.25, 0.3) is 11.1 Å². The number of halogens is 1. The molecule has 0 spiro atoms. The average molecular weight is 462 g/mol. The highest BCUT2D eigenvalue weighted by atomic mass is 35.5. The lowest BCUT2D eigenvalue weighted by Crippen LogP contribution is -2.19. The van der Waals surface area contributed by atoms with Crippen molar-refractivity contribution in [3.8, 4) is 16.9 Å². The number of rotatable bonds is 6. The van der Waals surface area contributed by atoms with Crippen molar-refractivity contribution in [1.29, 1.82) is 0 Å². The van der Waals surface area contributed by atoms with Gasteiger partial charge in [-0.25, -0.2) is 0 Å². The van der Waals surface area contributed by atoms with Crippen LogP contribution >= 0.6 is 22.9 Å². The van der Waals surface area contributed by atoms with E-state index in [2.05, 4.69) is 16.4 Å². The lowest BCUT2D eigenvalue weighted by atomic mass is 9.99. The van der Waals surface area contributed by atoms with Gasteiger partial charge < -0.3 is 5.11 Å². The normalized spacial score (nSPS) is 15.7. The average Bonchev–Trinajstić information content (AvgIpc) is 3.47. The van der Waals surface area contributed by atoms with Crippen molar-refractivity contribution >= 4 is 28.6 Å². The third-order valence-electron chi connectivity index (χ3n) is 5.33. The van der Waals surface area contributed by atoms with Crippen molar-refractivity contribution < 1.29 is 9.94 Å². The van der Waals surface area contributed by atoms with Gasteiger partial charge in [-0.15, -0.1) is 11.3 Å². The lowest BCUT2D eigenvalue weighted by molar-refractivity contribution is -0.190. The molecule has 1 unspecified atom stereocenters. The molecule has 160 valence electrons. The Morgan fingerprint density at radius 2 is 1.88 bits per heavy atom. The number of thiophene rings is 1. The van der Waals surface area contributed by atoms with E-state index in [1.54, 1.807) is 35.0 Å². The van der Waals surface area contributed by atoms with Crippen molar-refractivity contribution in [2.75, 3.05) is 0 Å². The van der Waals surface area contributed by atoms with E-state index in [0.29, 0.717) is 13.0 Å². The second-order valence-electron chi connectivity index (χ2n) is 7.45. The van der Waals surface area contributed by atoms with E-state index in [1.807, 2.05) is 54.6 Å². The Morgan fingerprint density at radius 1 is 1.03 bits per heavy atom. The van der Waals surface area contributed by atoms with Gasteiger partial charge in [0, 0.05) is 39.8 Å². The van der Waals surface area contributed by atoms with Crippen LogP contribution in [0.2, 0.25) is 5.02 Å². The van der Waals surface area contributed by atoms with E-state index in [1.165, 1.54) is 0 Å². The van der Waals surface area contributed by atoms with Crippen LogP contribution in [-0.2, 0) is 11.4 Å². The summed E-state index contributed by atoms with van der Waals surface area (Å²) in [7, 11) is 0. The molecule has 0 bridgehead atoms. The summed E-state index contributed by atoms with van der Waals surface area (Å²) in [4.78, 5) is 11.4. The number of hydroxylamine groups is 1. The molecule has 1 N–H and O–H groups in total. The number of pyridine rings is 1. The number of hydrogen-bond acceptors (Lipinski definition) is 6. The summed E-state index contributed by atoms with van der Waals surface area (Å²) < 4.78 is 0. The fourth-order valence-electron chi connectivity index (χ4n) is 3.70. The standard InChI is InChI=1S/C25H20ClN3O2S/c26-20-9-7-17(8-10-20)19-12-21(32-16-19)15-31-29-24(22-5-1-2-6-25(22)30)13-23(28-29)18-4-3-11-27-14-18/h1-12,14,16,24,30H,13,15H2. The molecule has 4 aromatic rings. The van der Waals surface area contributed by atoms with Gasteiger partial charge in [0.1, 0.15) is 18.4 Å². The molecular weight excluding hydrogens is 442 g/mol. The first-order chi connectivity index (χ1) is 15.7. The van der Waals surface area contributed by atoms with Crippen LogP contribution in [0, 0.1) is 0 Å². The van der Waals surface area contributed by atoms with Crippen LogP contribution < -0.4 is 0 Å². The summed E-state index contributed by atoms with van der Waals surface area (Å²) in [5.74, 6) is 0.231. The van der Waals surface area contributed by atoms with Crippen LogP contribution in [-0.4, -0.2) is 21.0 Å². The predicted molar refractivity (Wildman–Crippen MR) is 128 cm³/mol. The Labute approximate surface area is 195 Å². The van der Waals surface area contributed by atoms with E-state index >= 15 is 0 Å². The van der Waals surface area contributed by atoms with Crippen LogP contribution in [0.1, 0.15) is 28.5 Å². The lowest BCUT2D eigenvalue weighted by Gasteiger charge is -2.23. The van der Waals surface area contributed by atoms with Crippen LogP contribution in [0.4, 0.5) is 0 Å². The summed E-state index contributed by atoms with van der Waals surface area (Å²) in [6.07, 6.45) is 4.15. The Kier molecular flexibility index (Phi) is 5.90. The van der Waals surface area contributed by atoms with Gasteiger partial charge in [-0.05, 0) is 46.8 Å². The molecule has 0 saturated carbocycles. The molecule has 5 nitrogen and oxygen atoms in total. The van der Waals surface area contributed by atoms with Crippen molar-refractivity contribution in [2.24, 2.45) is 5.10 Å². The maximum absolute atomic E-state index is 10.4. The Balaban J connectivity index is 1.36. The maximum atomic E-state index is 10.4. The fraction of sp³-hybridized carbons (Fsp3) is 0.120. The molecule has 1 aliphatic rings. The van der Waals surface area contributed by atoms with Gasteiger partial charge in [-0.2, -0.15) is 10.3 Å². The first-order valence-electron chi connectivity index (χ1n) is 10.2. The summed E-state index contributed by atoms with van der Waals surface area (Å²) in [6, 6.07) is 20.9. The number of phenolic OH excluding ortho intramolecular Hbond substituents is 1. The van der Waals surface area contributed by atoms with E-state index in [0.717, 1.165) is 37.9 Å². The second-order valence-corrected chi connectivity index (χ2v) is 8.88. The number of aromatic nitrogens is 1. The van der Waals surface area contributed by atoms with Crippen molar-refractivity contribution in [3.63, 3.8) is 0 Å². The minimum Gasteiger partial charge on any atom is -0.508 e. The number of phenols is 1. The first-order valence-corrected chi connectivity index (χ1v) is 11.4. The molecule has 7 heteroatoms. The molecule has 0 saturated heterocycles. The van der Waals surface area contributed by atoms with Gasteiger partial charge in [-0.3, -0.25) is 9.82 Å². The Hall–Kier alpha value is -3.19. The predicted octanol–water partition coefficient (Wildman–Crippen LogP) is 6.45. The summed E-state index contributed by atoms with van der Waals surface area (Å²) in [6.45, 7) is 0.381. The highest BCUT2D eigenvalue weighted by Crippen LogP contribution is 2.37. The van der Waals surface area contributed by atoms with Crippen LogP contribution in [0.3, 0.4) is 0 Å². The monoisotopic (exact) mass is 461 g/mol. The van der Waals surface area contributed by atoms with Crippen molar-refractivity contribution in [1.82, 2.24) is 10.2 Å². The molecule has 2 aromatic heterocycles. The molecule has 0 fully saturated rings. The quantitative estimate of drug-likeness (QED) is 0.358. The maximum Gasteiger partial charge on any atom is 0.121 e. The molecule has 0 aliphatic carbocycles. The summed E-state index contributed by atoms with van der Waals surface area (Å²) in [5, 5.41) is 19.6. The Bertz CT molecular complexity index is 1240. The molecule has 0 radical (unpaired) electrons. The zero-order chi connectivity index (χ0) is 21.9. The molecule has 1 atom stereocenters. The zero-order valence-corrected chi connectivity index (χ0v) is 18.6. The number of nitrogens with zero attached hydrogens (tertiary/aromatic N) is 3. The van der Waals surface area contributed by atoms with E-state index in [4.69, 9.17) is 21.5 Å². The molecule has 2 aromatic carbocycles. The third kappa shape index (κ3) is 4.39. The number of para-hydroxylation sites is 1. The topological polar surface area (TPSA) is 58.0 Å². The van der Waals surface area contributed by atoms with Gasteiger partial charge in [0.2, 0.25) is 0 Å². The SMILES string of the molecule is Oc1ccccc1C1CC(c2cccnc2)=NN1OCc1cc(-c2ccc(Cl)cc2)cs1.